The highest BCUT2D eigenvalue weighted by atomic mass is 16.5. The van der Waals surface area contributed by atoms with Crippen LogP contribution >= 0.6 is 0 Å². The van der Waals surface area contributed by atoms with Gasteiger partial charge in [0, 0.05) is 32.2 Å². The van der Waals surface area contributed by atoms with Crippen molar-refractivity contribution in [2.24, 2.45) is 12.8 Å². The van der Waals surface area contributed by atoms with Crippen LogP contribution in [-0.4, -0.2) is 56.7 Å². The number of carbonyl (C=O) groups excluding carboxylic acids is 1. The number of hydrogen-bond acceptors (Lipinski definition) is 9. The van der Waals surface area contributed by atoms with Gasteiger partial charge in [0.15, 0.2) is 5.82 Å². The first-order chi connectivity index (χ1) is 18.7. The van der Waals surface area contributed by atoms with Crippen molar-refractivity contribution in [1.29, 1.82) is 0 Å². The monoisotopic (exact) mass is 536 g/mol. The molecule has 1 aromatic carbocycles. The van der Waals surface area contributed by atoms with Crippen LogP contribution in [0, 0.1) is 0 Å². The lowest BCUT2D eigenvalue weighted by Crippen LogP contribution is -2.48. The van der Waals surface area contributed by atoms with Gasteiger partial charge in [0.1, 0.15) is 28.6 Å². The number of aryl methyl sites for hydroxylation is 1. The third kappa shape index (κ3) is 4.92. The summed E-state index contributed by atoms with van der Waals surface area (Å²) in [4.78, 5) is 35.1. The number of primary amides is 1. The van der Waals surface area contributed by atoms with Gasteiger partial charge in [-0.25, -0.2) is 14.6 Å². The van der Waals surface area contributed by atoms with Crippen LogP contribution in [0.3, 0.4) is 0 Å². The van der Waals surface area contributed by atoms with Crippen molar-refractivity contribution in [1.82, 2.24) is 24.3 Å². The number of nitrogens with two attached hydrogens (primary N) is 1. The second-order valence-corrected chi connectivity index (χ2v) is 10.00. The van der Waals surface area contributed by atoms with E-state index in [1.165, 1.54) is 12.5 Å². The molecule has 206 valence electrons. The van der Waals surface area contributed by atoms with Crippen LogP contribution in [0.2, 0.25) is 0 Å². The molecule has 1 aliphatic heterocycles. The summed E-state index contributed by atoms with van der Waals surface area (Å²) in [5.74, 6) is 0.568. The molecule has 1 fully saturated rings. The van der Waals surface area contributed by atoms with Crippen LogP contribution in [0.5, 0.6) is 5.75 Å². The predicted octanol–water partition coefficient (Wildman–Crippen LogP) is 2.49. The van der Waals surface area contributed by atoms with Gasteiger partial charge in [-0.2, -0.15) is 5.10 Å². The van der Waals surface area contributed by atoms with E-state index in [0.717, 1.165) is 23.1 Å². The van der Waals surface area contributed by atoms with Crippen LogP contribution in [0.4, 0.5) is 0 Å². The van der Waals surface area contributed by atoms with Gasteiger partial charge in [0.05, 0.1) is 31.2 Å². The van der Waals surface area contributed by atoms with Crippen molar-refractivity contribution in [3.05, 3.63) is 58.3 Å². The number of aromatic nitrogens is 5. The lowest BCUT2D eigenvalue weighted by molar-refractivity contribution is -0.125. The molecule has 1 amide bonds. The second-order valence-electron chi connectivity index (χ2n) is 10.00. The molecule has 1 atom stereocenters. The van der Waals surface area contributed by atoms with E-state index in [1.807, 2.05) is 24.3 Å². The number of fused-ring (bicyclic) bond motifs is 1. The number of benzene rings is 1. The van der Waals surface area contributed by atoms with Crippen molar-refractivity contribution in [2.75, 3.05) is 20.3 Å². The Morgan fingerprint density at radius 2 is 2.00 bits per heavy atom. The quantitative estimate of drug-likeness (QED) is 0.340. The maximum Gasteiger partial charge on any atom is 0.293 e. The molecule has 0 unspecified atom stereocenters. The van der Waals surface area contributed by atoms with E-state index in [2.05, 4.69) is 10.1 Å². The second kappa shape index (κ2) is 10.6. The molecule has 0 aliphatic carbocycles. The first kappa shape index (κ1) is 26.6. The number of amides is 1. The number of para-hydroxylation sites is 1. The molecule has 0 radical (unpaired) electrons. The average Bonchev–Trinajstić information content (AvgIpc) is 3.58. The molecule has 12 heteroatoms. The molecule has 4 heterocycles. The molecule has 5 rings (SSSR count). The fourth-order valence-electron chi connectivity index (χ4n) is 4.79. The van der Waals surface area contributed by atoms with E-state index in [0.29, 0.717) is 36.0 Å². The van der Waals surface area contributed by atoms with Crippen LogP contribution < -0.4 is 16.0 Å². The Kier molecular flexibility index (Phi) is 7.23. The zero-order valence-electron chi connectivity index (χ0n) is 22.4. The van der Waals surface area contributed by atoms with E-state index < -0.39 is 23.1 Å². The molecule has 0 bridgehead atoms. The van der Waals surface area contributed by atoms with Gasteiger partial charge in [-0.1, -0.05) is 18.2 Å². The summed E-state index contributed by atoms with van der Waals surface area (Å²) in [5, 5.41) is 4.67. The molecule has 39 heavy (non-hydrogen) atoms. The Labute approximate surface area is 224 Å². The van der Waals surface area contributed by atoms with Crippen molar-refractivity contribution >= 4 is 16.9 Å². The number of methoxy groups -OCH3 is 1. The molecule has 4 aromatic rings. The van der Waals surface area contributed by atoms with E-state index in [9.17, 15) is 9.59 Å². The molecular formula is C27H32N6O6. The van der Waals surface area contributed by atoms with Crippen LogP contribution in [0.15, 0.2) is 45.9 Å². The highest BCUT2D eigenvalue weighted by Crippen LogP contribution is 2.34. The maximum atomic E-state index is 13.7. The number of nitrogens with zero attached hydrogens (tertiary/aromatic N) is 5. The molecule has 0 spiro atoms. The molecule has 0 saturated carbocycles. The number of ether oxygens (including phenoxy) is 3. The minimum atomic E-state index is -1.41. The van der Waals surface area contributed by atoms with Crippen molar-refractivity contribution in [3.63, 3.8) is 0 Å². The SMILES string of the molecule is COc1ccccc1[C@H](Cc1nn(C(C)(C)C(N)=O)c(=O)c2c1nc(-c1ncco1)n2C)OC1CCOCC1. The normalized spacial score (nSPS) is 15.5. The van der Waals surface area contributed by atoms with Gasteiger partial charge in [-0.05, 0) is 32.8 Å². The van der Waals surface area contributed by atoms with Crippen molar-refractivity contribution in [3.8, 4) is 17.5 Å². The number of rotatable bonds is 9. The Morgan fingerprint density at radius 3 is 2.67 bits per heavy atom. The summed E-state index contributed by atoms with van der Waals surface area (Å²) in [5.41, 5.74) is 5.67. The van der Waals surface area contributed by atoms with E-state index >= 15 is 0 Å². The number of imidazole rings is 1. The fraction of sp³-hybridized carbons (Fsp3) is 0.444. The third-order valence-corrected chi connectivity index (χ3v) is 7.13. The molecule has 1 aliphatic rings. The number of carbonyl (C=O) groups is 1. The highest BCUT2D eigenvalue weighted by Gasteiger charge is 2.34. The summed E-state index contributed by atoms with van der Waals surface area (Å²) < 4.78 is 26.0. The van der Waals surface area contributed by atoms with Gasteiger partial charge < -0.3 is 28.9 Å². The Morgan fingerprint density at radius 1 is 1.26 bits per heavy atom. The van der Waals surface area contributed by atoms with Gasteiger partial charge in [0.25, 0.3) is 11.4 Å². The maximum absolute atomic E-state index is 13.7. The zero-order valence-corrected chi connectivity index (χ0v) is 22.4. The Hall–Kier alpha value is -4.03. The van der Waals surface area contributed by atoms with Crippen molar-refractivity contribution < 1.29 is 23.4 Å². The summed E-state index contributed by atoms with van der Waals surface area (Å²) in [6.45, 7) is 4.34. The summed E-state index contributed by atoms with van der Waals surface area (Å²) >= 11 is 0. The van der Waals surface area contributed by atoms with Crippen LogP contribution in [-0.2, 0) is 33.3 Å². The van der Waals surface area contributed by atoms with Crippen molar-refractivity contribution in [2.45, 2.75) is 50.9 Å². The first-order valence-electron chi connectivity index (χ1n) is 12.8. The topological polar surface area (TPSA) is 150 Å². The van der Waals surface area contributed by atoms with Gasteiger partial charge in [-0.15, -0.1) is 0 Å². The molecule has 2 N–H and O–H groups in total. The van der Waals surface area contributed by atoms with Gasteiger partial charge >= 0.3 is 0 Å². The van der Waals surface area contributed by atoms with Gasteiger partial charge in [-0.3, -0.25) is 9.59 Å². The number of oxazole rings is 1. The Bertz CT molecular complexity index is 1530. The number of hydrogen-bond donors (Lipinski definition) is 1. The predicted molar refractivity (Wildman–Crippen MR) is 141 cm³/mol. The Balaban J connectivity index is 1.70. The lowest BCUT2D eigenvalue weighted by atomic mass is 10.0. The lowest BCUT2D eigenvalue weighted by Gasteiger charge is -2.29. The first-order valence-corrected chi connectivity index (χ1v) is 12.8. The van der Waals surface area contributed by atoms with E-state index in [1.54, 1.807) is 32.6 Å². The minimum Gasteiger partial charge on any atom is -0.496 e. The highest BCUT2D eigenvalue weighted by molar-refractivity contribution is 5.84. The molecule has 3 aromatic heterocycles. The van der Waals surface area contributed by atoms with Crippen LogP contribution in [0.1, 0.15) is 44.1 Å². The zero-order chi connectivity index (χ0) is 27.7. The van der Waals surface area contributed by atoms with Gasteiger partial charge in [0.2, 0.25) is 5.91 Å². The smallest absolute Gasteiger partial charge is 0.293 e. The standard InChI is InChI=1S/C27H32N6O6/c1-27(2,26(28)35)33-25(34)22-21(30-23(32(22)3)24-29-11-14-38-24)18(31-33)15-20(39-16-9-12-37-13-10-16)17-7-5-6-8-19(17)36-4/h5-8,11,14,16,20H,9-10,12-13,15H2,1-4H3,(H2,28,35)/t20-/m0/s1. The molecular weight excluding hydrogens is 504 g/mol. The summed E-state index contributed by atoms with van der Waals surface area (Å²) in [6.07, 6.45) is 4.15. The van der Waals surface area contributed by atoms with E-state index in [4.69, 9.17) is 29.3 Å². The molecule has 12 nitrogen and oxygen atoms in total. The summed E-state index contributed by atoms with van der Waals surface area (Å²) in [6, 6.07) is 7.62. The minimum absolute atomic E-state index is 0.0382. The average molecular weight is 537 g/mol. The third-order valence-electron chi connectivity index (χ3n) is 7.13. The largest absolute Gasteiger partial charge is 0.496 e. The fourth-order valence-corrected chi connectivity index (χ4v) is 4.79. The van der Waals surface area contributed by atoms with E-state index in [-0.39, 0.29) is 23.9 Å². The summed E-state index contributed by atoms with van der Waals surface area (Å²) in [7, 11) is 3.30. The molecule has 1 saturated heterocycles. The van der Waals surface area contributed by atoms with Crippen LogP contribution in [0.25, 0.3) is 22.7 Å².